The van der Waals surface area contributed by atoms with E-state index < -0.39 is 0 Å². The Labute approximate surface area is 162 Å². The van der Waals surface area contributed by atoms with Crippen molar-refractivity contribution in [2.24, 2.45) is 7.05 Å². The molecule has 3 heterocycles. The molecular formula is C20H22N6O2. The van der Waals surface area contributed by atoms with Crippen LogP contribution >= 0.6 is 0 Å². The highest BCUT2D eigenvalue weighted by Gasteiger charge is 2.24. The number of rotatable bonds is 3. The van der Waals surface area contributed by atoms with Gasteiger partial charge < -0.3 is 15.1 Å². The second-order valence-corrected chi connectivity index (χ2v) is 6.76. The molecule has 1 saturated heterocycles. The first-order valence-corrected chi connectivity index (χ1v) is 9.27. The van der Waals surface area contributed by atoms with Crippen molar-refractivity contribution in [1.82, 2.24) is 24.8 Å². The molecular weight excluding hydrogens is 356 g/mol. The lowest BCUT2D eigenvalue weighted by Gasteiger charge is -2.35. The van der Waals surface area contributed by atoms with Crippen LogP contribution in [0, 0.1) is 0 Å². The molecule has 3 aromatic rings. The van der Waals surface area contributed by atoms with Crippen LogP contribution in [0.4, 0.5) is 10.6 Å². The number of nitrogens with zero attached hydrogens (tertiary/aromatic N) is 5. The molecule has 0 aliphatic carbocycles. The lowest BCUT2D eigenvalue weighted by Crippen LogP contribution is -2.53. The van der Waals surface area contributed by atoms with Crippen LogP contribution in [0.5, 0.6) is 0 Å². The fourth-order valence-corrected chi connectivity index (χ4v) is 3.35. The molecule has 0 atom stereocenters. The summed E-state index contributed by atoms with van der Waals surface area (Å²) in [6.45, 7) is 2.70. The summed E-state index contributed by atoms with van der Waals surface area (Å²) in [5, 5.41) is 2.95. The number of urea groups is 1. The largest absolute Gasteiger partial charge is 0.348 e. The van der Waals surface area contributed by atoms with Crippen molar-refractivity contribution in [2.45, 2.75) is 6.54 Å². The van der Waals surface area contributed by atoms with Gasteiger partial charge >= 0.3 is 6.03 Å². The molecule has 1 N–H and O–H groups in total. The number of anilines is 1. The summed E-state index contributed by atoms with van der Waals surface area (Å²) in [6.07, 6.45) is 1.65. The number of benzene rings is 1. The van der Waals surface area contributed by atoms with Crippen LogP contribution in [0.3, 0.4) is 0 Å². The Bertz CT molecular complexity index is 1040. The zero-order chi connectivity index (χ0) is 19.5. The molecule has 1 fully saturated rings. The predicted octanol–water partition coefficient (Wildman–Crippen LogP) is 1.36. The number of amides is 2. The van der Waals surface area contributed by atoms with Crippen LogP contribution in [0.1, 0.15) is 5.56 Å². The smallest absolute Gasteiger partial charge is 0.317 e. The average Bonchev–Trinajstić information content (AvgIpc) is 2.75. The van der Waals surface area contributed by atoms with E-state index in [4.69, 9.17) is 0 Å². The molecule has 0 bridgehead atoms. The molecule has 144 valence electrons. The van der Waals surface area contributed by atoms with E-state index in [9.17, 15) is 9.59 Å². The fourth-order valence-electron chi connectivity index (χ4n) is 3.35. The summed E-state index contributed by atoms with van der Waals surface area (Å²) in [5.74, 6) is 0.410. The van der Waals surface area contributed by atoms with Crippen LogP contribution < -0.4 is 15.8 Å². The number of piperazine rings is 1. The van der Waals surface area contributed by atoms with E-state index in [2.05, 4.69) is 15.3 Å². The first-order chi connectivity index (χ1) is 13.6. The molecule has 28 heavy (non-hydrogen) atoms. The number of carbonyl (C=O) groups excluding carboxylic acids is 1. The second kappa shape index (κ2) is 7.67. The molecule has 4 rings (SSSR count). The van der Waals surface area contributed by atoms with Gasteiger partial charge in [0, 0.05) is 46.0 Å². The highest BCUT2D eigenvalue weighted by molar-refractivity contribution is 5.75. The van der Waals surface area contributed by atoms with Crippen LogP contribution in [-0.2, 0) is 13.6 Å². The lowest BCUT2D eigenvalue weighted by atomic mass is 10.2. The summed E-state index contributed by atoms with van der Waals surface area (Å²) in [5.41, 5.74) is 2.14. The van der Waals surface area contributed by atoms with Gasteiger partial charge in [-0.15, -0.1) is 0 Å². The van der Waals surface area contributed by atoms with Crippen LogP contribution in [0.2, 0.25) is 0 Å². The summed E-state index contributed by atoms with van der Waals surface area (Å²) in [6, 6.07) is 13.4. The number of aryl methyl sites for hydroxylation is 1. The summed E-state index contributed by atoms with van der Waals surface area (Å²) in [7, 11) is 1.70. The molecule has 8 nitrogen and oxygen atoms in total. The van der Waals surface area contributed by atoms with E-state index in [0.717, 1.165) is 5.56 Å². The molecule has 0 spiro atoms. The van der Waals surface area contributed by atoms with Gasteiger partial charge in [0.2, 0.25) is 0 Å². The third-order valence-corrected chi connectivity index (χ3v) is 4.96. The Morgan fingerprint density at radius 2 is 1.82 bits per heavy atom. The Morgan fingerprint density at radius 1 is 1.07 bits per heavy atom. The van der Waals surface area contributed by atoms with Gasteiger partial charge in [-0.25, -0.2) is 14.8 Å². The van der Waals surface area contributed by atoms with Gasteiger partial charge in [-0.05, 0) is 17.7 Å². The third kappa shape index (κ3) is 3.53. The molecule has 2 amide bonds. The maximum absolute atomic E-state index is 12.7. The predicted molar refractivity (Wildman–Crippen MR) is 107 cm³/mol. The number of nitrogens with one attached hydrogen (secondary N) is 1. The Balaban J connectivity index is 1.41. The first-order valence-electron chi connectivity index (χ1n) is 9.27. The zero-order valence-electron chi connectivity index (χ0n) is 15.7. The third-order valence-electron chi connectivity index (χ3n) is 4.96. The van der Waals surface area contributed by atoms with Crippen LogP contribution in [0.25, 0.3) is 11.2 Å². The maximum Gasteiger partial charge on any atom is 0.317 e. The van der Waals surface area contributed by atoms with Gasteiger partial charge in [0.25, 0.3) is 5.56 Å². The highest BCUT2D eigenvalue weighted by atomic mass is 16.2. The van der Waals surface area contributed by atoms with Gasteiger partial charge in [0.05, 0.1) is 0 Å². The SMILES string of the molecule is Cn1c(=O)c(N2CCN(C(=O)NCc3ccccc3)CC2)nc2cccnc21. The van der Waals surface area contributed by atoms with Crippen molar-refractivity contribution in [1.29, 1.82) is 0 Å². The minimum absolute atomic E-state index is 0.0907. The molecule has 0 saturated carbocycles. The van der Waals surface area contributed by atoms with Gasteiger partial charge in [0.15, 0.2) is 11.5 Å². The number of hydrogen-bond acceptors (Lipinski definition) is 5. The minimum atomic E-state index is -0.173. The Hall–Kier alpha value is -3.42. The zero-order valence-corrected chi connectivity index (χ0v) is 15.7. The van der Waals surface area contributed by atoms with Crippen molar-refractivity contribution >= 4 is 23.0 Å². The monoisotopic (exact) mass is 378 g/mol. The number of aromatic nitrogens is 3. The van der Waals surface area contributed by atoms with Crippen LogP contribution in [-0.4, -0.2) is 51.6 Å². The summed E-state index contributed by atoms with van der Waals surface area (Å²) >= 11 is 0. The Morgan fingerprint density at radius 3 is 2.57 bits per heavy atom. The van der Waals surface area contributed by atoms with E-state index in [0.29, 0.717) is 49.7 Å². The van der Waals surface area contributed by atoms with Crippen molar-refractivity contribution in [3.05, 3.63) is 64.6 Å². The lowest BCUT2D eigenvalue weighted by molar-refractivity contribution is 0.193. The van der Waals surface area contributed by atoms with E-state index in [1.807, 2.05) is 41.3 Å². The van der Waals surface area contributed by atoms with Crippen molar-refractivity contribution < 1.29 is 4.79 Å². The molecule has 0 unspecified atom stereocenters. The molecule has 1 aliphatic heterocycles. The van der Waals surface area contributed by atoms with Gasteiger partial charge in [-0.2, -0.15) is 0 Å². The quantitative estimate of drug-likeness (QED) is 0.744. The summed E-state index contributed by atoms with van der Waals surface area (Å²) in [4.78, 5) is 37.6. The molecule has 1 aliphatic rings. The van der Waals surface area contributed by atoms with Crippen molar-refractivity contribution in [2.75, 3.05) is 31.1 Å². The second-order valence-electron chi connectivity index (χ2n) is 6.76. The maximum atomic E-state index is 12.7. The van der Waals surface area contributed by atoms with E-state index in [1.165, 1.54) is 4.57 Å². The number of fused-ring (bicyclic) bond motifs is 1. The van der Waals surface area contributed by atoms with Gasteiger partial charge in [-0.1, -0.05) is 30.3 Å². The highest BCUT2D eigenvalue weighted by Crippen LogP contribution is 2.14. The molecule has 1 aromatic carbocycles. The normalized spacial score (nSPS) is 14.3. The number of hydrogen-bond donors (Lipinski definition) is 1. The van der Waals surface area contributed by atoms with Crippen LogP contribution in [0.15, 0.2) is 53.5 Å². The number of pyridine rings is 1. The van der Waals surface area contributed by atoms with E-state index >= 15 is 0 Å². The standard InChI is InChI=1S/C20H22N6O2/c1-24-17-16(8-5-9-21-17)23-18(19(24)27)25-10-12-26(13-11-25)20(28)22-14-15-6-3-2-4-7-15/h2-9H,10-14H2,1H3,(H,22,28). The van der Waals surface area contributed by atoms with E-state index in [-0.39, 0.29) is 11.6 Å². The fraction of sp³-hybridized carbons (Fsp3) is 0.300. The van der Waals surface area contributed by atoms with E-state index in [1.54, 1.807) is 24.2 Å². The van der Waals surface area contributed by atoms with Crippen molar-refractivity contribution in [3.8, 4) is 0 Å². The van der Waals surface area contributed by atoms with Gasteiger partial charge in [-0.3, -0.25) is 9.36 Å². The number of carbonyl (C=O) groups is 1. The summed E-state index contributed by atoms with van der Waals surface area (Å²) < 4.78 is 1.52. The average molecular weight is 378 g/mol. The molecule has 2 aromatic heterocycles. The molecule has 0 radical (unpaired) electrons. The first kappa shape index (κ1) is 18.0. The minimum Gasteiger partial charge on any atom is -0.348 e. The Kier molecular flexibility index (Phi) is 4.92. The molecule has 8 heteroatoms. The van der Waals surface area contributed by atoms with Crippen molar-refractivity contribution in [3.63, 3.8) is 0 Å². The van der Waals surface area contributed by atoms with Gasteiger partial charge in [0.1, 0.15) is 5.52 Å². The topological polar surface area (TPSA) is 83.4 Å².